The van der Waals surface area contributed by atoms with Gasteiger partial charge in [-0.3, -0.25) is 0 Å². The van der Waals surface area contributed by atoms with Crippen LogP contribution in [0.5, 0.6) is 0 Å². The Balaban J connectivity index is 2.14. The topological polar surface area (TPSA) is 15.8 Å². The quantitative estimate of drug-likeness (QED) is 0.373. The Morgan fingerprint density at radius 2 is 1.70 bits per heavy atom. The zero-order chi connectivity index (χ0) is 13.1. The van der Waals surface area contributed by atoms with Crippen molar-refractivity contribution in [1.82, 2.24) is 4.98 Å². The lowest BCUT2D eigenvalue weighted by Crippen LogP contribution is -1.73. The second-order valence-corrected chi connectivity index (χ2v) is 6.10. The van der Waals surface area contributed by atoms with Gasteiger partial charge in [-0.2, -0.15) is 0 Å². The second-order valence-electron chi connectivity index (χ2n) is 5.15. The monoisotopic (exact) mass is 273 g/mol. The van der Waals surface area contributed by atoms with Crippen molar-refractivity contribution in [3.63, 3.8) is 0 Å². The molecule has 0 saturated carbocycles. The van der Waals surface area contributed by atoms with Crippen LogP contribution in [-0.2, 0) is 0 Å². The van der Waals surface area contributed by atoms with E-state index in [4.69, 9.17) is 0 Å². The van der Waals surface area contributed by atoms with Gasteiger partial charge < -0.3 is 4.98 Å². The standard InChI is InChI=1S/C18H11NS/c1-2-4-12-11(3-1)5-7-15-17(12)14-6-8-16-13(9-10-20-16)18(14)19-15/h1-10,19H. The average molecular weight is 273 g/mol. The number of benzene rings is 3. The van der Waals surface area contributed by atoms with Gasteiger partial charge in [0.05, 0.1) is 5.52 Å². The normalized spacial score (nSPS) is 12.0. The molecule has 1 nitrogen and oxygen atoms in total. The highest BCUT2D eigenvalue weighted by atomic mass is 32.1. The molecule has 20 heavy (non-hydrogen) atoms. The third-order valence-electron chi connectivity index (χ3n) is 4.09. The number of hydrogen-bond acceptors (Lipinski definition) is 1. The second kappa shape index (κ2) is 3.62. The van der Waals surface area contributed by atoms with E-state index in [1.807, 2.05) is 0 Å². The van der Waals surface area contributed by atoms with Gasteiger partial charge in [-0.25, -0.2) is 0 Å². The summed E-state index contributed by atoms with van der Waals surface area (Å²) in [4.78, 5) is 3.61. The molecule has 0 radical (unpaired) electrons. The van der Waals surface area contributed by atoms with Crippen LogP contribution in [0.2, 0.25) is 0 Å². The smallest absolute Gasteiger partial charge is 0.0553 e. The van der Waals surface area contributed by atoms with Gasteiger partial charge in [0, 0.05) is 26.4 Å². The molecule has 3 aromatic carbocycles. The van der Waals surface area contributed by atoms with Crippen molar-refractivity contribution in [2.24, 2.45) is 0 Å². The lowest BCUT2D eigenvalue weighted by molar-refractivity contribution is 1.57. The van der Waals surface area contributed by atoms with Crippen LogP contribution in [0.15, 0.2) is 60.0 Å². The summed E-state index contributed by atoms with van der Waals surface area (Å²) in [5.74, 6) is 0. The first kappa shape index (κ1) is 10.5. The summed E-state index contributed by atoms with van der Waals surface area (Å²) in [7, 11) is 0. The van der Waals surface area contributed by atoms with E-state index < -0.39 is 0 Å². The van der Waals surface area contributed by atoms with E-state index >= 15 is 0 Å². The number of fused-ring (bicyclic) bond motifs is 7. The molecule has 5 rings (SSSR count). The fourth-order valence-electron chi connectivity index (χ4n) is 3.19. The van der Waals surface area contributed by atoms with Crippen LogP contribution in [-0.4, -0.2) is 4.98 Å². The molecule has 0 unspecified atom stereocenters. The zero-order valence-electron chi connectivity index (χ0n) is 10.7. The van der Waals surface area contributed by atoms with Gasteiger partial charge in [0.2, 0.25) is 0 Å². The number of nitrogens with one attached hydrogen (secondary N) is 1. The predicted octanol–water partition coefficient (Wildman–Crippen LogP) is 5.69. The van der Waals surface area contributed by atoms with Gasteiger partial charge in [-0.05, 0) is 34.4 Å². The van der Waals surface area contributed by atoms with Crippen molar-refractivity contribution in [1.29, 1.82) is 0 Å². The van der Waals surface area contributed by atoms with Crippen molar-refractivity contribution in [2.45, 2.75) is 0 Å². The molecule has 2 aromatic heterocycles. The highest BCUT2D eigenvalue weighted by Gasteiger charge is 2.10. The largest absolute Gasteiger partial charge is 0.354 e. The Bertz CT molecular complexity index is 1100. The van der Waals surface area contributed by atoms with E-state index in [0.717, 1.165) is 0 Å². The van der Waals surface area contributed by atoms with E-state index in [1.165, 1.54) is 42.7 Å². The summed E-state index contributed by atoms with van der Waals surface area (Å²) in [6.07, 6.45) is 0. The van der Waals surface area contributed by atoms with Crippen LogP contribution in [0.3, 0.4) is 0 Å². The third-order valence-corrected chi connectivity index (χ3v) is 4.98. The molecule has 0 amide bonds. The minimum Gasteiger partial charge on any atom is -0.354 e. The minimum absolute atomic E-state index is 1.22. The predicted molar refractivity (Wildman–Crippen MR) is 88.7 cm³/mol. The minimum atomic E-state index is 1.22. The number of aromatic amines is 1. The highest BCUT2D eigenvalue weighted by molar-refractivity contribution is 7.17. The first-order chi connectivity index (χ1) is 9.92. The molecule has 0 aliphatic carbocycles. The molecule has 0 aliphatic heterocycles. The van der Waals surface area contributed by atoms with E-state index in [9.17, 15) is 0 Å². The van der Waals surface area contributed by atoms with Gasteiger partial charge in [-0.1, -0.05) is 36.4 Å². The lowest BCUT2D eigenvalue weighted by atomic mass is 10.0. The number of thiophene rings is 1. The maximum Gasteiger partial charge on any atom is 0.0553 e. The molecular weight excluding hydrogens is 262 g/mol. The Morgan fingerprint density at radius 1 is 0.750 bits per heavy atom. The molecule has 0 bridgehead atoms. The number of H-pyrrole nitrogens is 1. The summed E-state index contributed by atoms with van der Waals surface area (Å²) in [6.45, 7) is 0. The number of aromatic nitrogens is 1. The van der Waals surface area contributed by atoms with Crippen molar-refractivity contribution < 1.29 is 0 Å². The van der Waals surface area contributed by atoms with Crippen LogP contribution in [0.1, 0.15) is 0 Å². The van der Waals surface area contributed by atoms with Crippen LogP contribution < -0.4 is 0 Å². The fraction of sp³-hybridized carbons (Fsp3) is 0. The van der Waals surface area contributed by atoms with Gasteiger partial charge in [0.15, 0.2) is 0 Å². The Morgan fingerprint density at radius 3 is 2.70 bits per heavy atom. The first-order valence-electron chi connectivity index (χ1n) is 6.71. The molecule has 0 spiro atoms. The van der Waals surface area contributed by atoms with Crippen molar-refractivity contribution in [3.05, 3.63) is 60.0 Å². The third kappa shape index (κ3) is 1.22. The van der Waals surface area contributed by atoms with Crippen LogP contribution in [0.4, 0.5) is 0 Å². The molecule has 2 heterocycles. The first-order valence-corrected chi connectivity index (χ1v) is 7.59. The fourth-order valence-corrected chi connectivity index (χ4v) is 3.98. The Labute approximate surface area is 119 Å². The maximum absolute atomic E-state index is 3.61. The molecule has 94 valence electrons. The number of rotatable bonds is 0. The summed E-state index contributed by atoms with van der Waals surface area (Å²) in [6, 6.07) is 19.7. The molecule has 0 atom stereocenters. The SMILES string of the molecule is c1ccc2c(c1)ccc1[nH]c3c4ccsc4ccc3c12. The lowest BCUT2D eigenvalue weighted by Gasteiger charge is -1.99. The summed E-state index contributed by atoms with van der Waals surface area (Å²) >= 11 is 1.80. The average Bonchev–Trinajstić information content (AvgIpc) is 3.10. The van der Waals surface area contributed by atoms with Crippen molar-refractivity contribution in [3.8, 4) is 0 Å². The van der Waals surface area contributed by atoms with E-state index in [-0.39, 0.29) is 0 Å². The Hall–Kier alpha value is -2.32. The molecule has 0 saturated heterocycles. The summed E-state index contributed by atoms with van der Waals surface area (Å²) in [5.41, 5.74) is 2.48. The molecule has 2 heteroatoms. The van der Waals surface area contributed by atoms with Crippen molar-refractivity contribution >= 4 is 54.0 Å². The van der Waals surface area contributed by atoms with Gasteiger partial charge >= 0.3 is 0 Å². The van der Waals surface area contributed by atoms with Crippen LogP contribution >= 0.6 is 11.3 Å². The van der Waals surface area contributed by atoms with Crippen molar-refractivity contribution in [2.75, 3.05) is 0 Å². The van der Waals surface area contributed by atoms with Crippen LogP contribution in [0, 0.1) is 0 Å². The van der Waals surface area contributed by atoms with Crippen LogP contribution in [0.25, 0.3) is 42.7 Å². The molecule has 5 aromatic rings. The van der Waals surface area contributed by atoms with Gasteiger partial charge in [0.1, 0.15) is 0 Å². The molecule has 0 aliphatic rings. The van der Waals surface area contributed by atoms with Gasteiger partial charge in [0.25, 0.3) is 0 Å². The maximum atomic E-state index is 3.61. The van der Waals surface area contributed by atoms with E-state index in [1.54, 1.807) is 11.3 Å². The molecule has 0 fully saturated rings. The zero-order valence-corrected chi connectivity index (χ0v) is 11.5. The number of hydrogen-bond donors (Lipinski definition) is 1. The summed E-state index contributed by atoms with van der Waals surface area (Å²) < 4.78 is 1.34. The van der Waals surface area contributed by atoms with E-state index in [2.05, 4.69) is 65.0 Å². The molecule has 1 N–H and O–H groups in total. The van der Waals surface area contributed by atoms with E-state index in [0.29, 0.717) is 0 Å². The highest BCUT2D eigenvalue weighted by Crippen LogP contribution is 2.36. The summed E-state index contributed by atoms with van der Waals surface area (Å²) in [5, 5.41) is 8.77. The Kier molecular flexibility index (Phi) is 1.89. The van der Waals surface area contributed by atoms with Gasteiger partial charge in [-0.15, -0.1) is 11.3 Å². The molecular formula is C18H11NS.